The minimum atomic E-state index is -0.752. The maximum absolute atomic E-state index is 12.6. The van der Waals surface area contributed by atoms with Crippen LogP contribution >= 0.6 is 0 Å². The van der Waals surface area contributed by atoms with Crippen molar-refractivity contribution < 1.29 is 14.6 Å². The van der Waals surface area contributed by atoms with Gasteiger partial charge in [-0.15, -0.1) is 0 Å². The van der Waals surface area contributed by atoms with E-state index in [-0.39, 0.29) is 12.5 Å². The predicted molar refractivity (Wildman–Crippen MR) is 112 cm³/mol. The van der Waals surface area contributed by atoms with Gasteiger partial charge < -0.3 is 19.7 Å². The van der Waals surface area contributed by atoms with Gasteiger partial charge in [0.1, 0.15) is 18.5 Å². The topological polar surface area (TPSA) is 76.4 Å². The standard InChI is InChI=1S/C23H21N3O3/c27-18(14-26-16-24-20-11-5-6-12-21(20)26)15-29-22-13-7-4-10-19(22)23(28)25-17-8-2-1-3-9-17/h1-13,16,18,27H,14-15H2,(H,25,28)/t18-/m0/s1. The summed E-state index contributed by atoms with van der Waals surface area (Å²) >= 11 is 0. The van der Waals surface area contributed by atoms with Gasteiger partial charge in [0.25, 0.3) is 5.91 Å². The van der Waals surface area contributed by atoms with Crippen LogP contribution in [0.4, 0.5) is 5.69 Å². The van der Waals surface area contributed by atoms with Gasteiger partial charge in [-0.25, -0.2) is 4.98 Å². The Morgan fingerprint density at radius 3 is 2.59 bits per heavy atom. The third-order valence-corrected chi connectivity index (χ3v) is 4.53. The quantitative estimate of drug-likeness (QED) is 0.507. The summed E-state index contributed by atoms with van der Waals surface area (Å²) in [5, 5.41) is 13.3. The van der Waals surface area contributed by atoms with E-state index in [0.717, 1.165) is 11.0 Å². The van der Waals surface area contributed by atoms with E-state index in [1.165, 1.54) is 0 Å². The number of aromatic nitrogens is 2. The molecule has 4 aromatic rings. The van der Waals surface area contributed by atoms with Crippen LogP contribution in [0.5, 0.6) is 5.75 Å². The van der Waals surface area contributed by atoms with E-state index in [9.17, 15) is 9.90 Å². The van der Waals surface area contributed by atoms with Crippen LogP contribution in [0.1, 0.15) is 10.4 Å². The van der Waals surface area contributed by atoms with Crippen LogP contribution in [0.3, 0.4) is 0 Å². The number of hydrogen-bond donors (Lipinski definition) is 2. The summed E-state index contributed by atoms with van der Waals surface area (Å²) in [6.07, 6.45) is 0.952. The SMILES string of the molecule is O=C(Nc1ccccc1)c1ccccc1OC[C@@H](O)Cn1cnc2ccccc21. The molecule has 0 aliphatic rings. The second kappa shape index (κ2) is 8.58. The number of para-hydroxylation sites is 4. The molecule has 29 heavy (non-hydrogen) atoms. The number of imidazole rings is 1. The van der Waals surface area contributed by atoms with Crippen molar-refractivity contribution in [2.24, 2.45) is 0 Å². The highest BCUT2D eigenvalue weighted by Gasteiger charge is 2.15. The van der Waals surface area contributed by atoms with Crippen molar-refractivity contribution in [3.05, 3.63) is 90.8 Å². The second-order valence-electron chi connectivity index (χ2n) is 6.67. The van der Waals surface area contributed by atoms with Crippen molar-refractivity contribution in [3.63, 3.8) is 0 Å². The number of fused-ring (bicyclic) bond motifs is 1. The Bertz CT molecular complexity index is 1110. The summed E-state index contributed by atoms with van der Waals surface area (Å²) < 4.78 is 7.66. The van der Waals surface area contributed by atoms with E-state index in [2.05, 4.69) is 10.3 Å². The number of hydrogen-bond acceptors (Lipinski definition) is 4. The first kappa shape index (κ1) is 18.7. The minimum absolute atomic E-state index is 0.0577. The maximum Gasteiger partial charge on any atom is 0.259 e. The fourth-order valence-electron chi connectivity index (χ4n) is 3.12. The van der Waals surface area contributed by atoms with Crippen molar-refractivity contribution >= 4 is 22.6 Å². The molecule has 146 valence electrons. The number of amides is 1. The van der Waals surface area contributed by atoms with E-state index in [4.69, 9.17) is 4.74 Å². The summed E-state index contributed by atoms with van der Waals surface area (Å²) in [6.45, 7) is 0.404. The van der Waals surface area contributed by atoms with Gasteiger partial charge in [-0.05, 0) is 36.4 Å². The smallest absolute Gasteiger partial charge is 0.259 e. The monoisotopic (exact) mass is 387 g/mol. The van der Waals surface area contributed by atoms with Crippen LogP contribution in [0, 0.1) is 0 Å². The molecule has 6 heteroatoms. The average molecular weight is 387 g/mol. The van der Waals surface area contributed by atoms with Crippen LogP contribution in [-0.2, 0) is 6.54 Å². The zero-order valence-corrected chi connectivity index (χ0v) is 15.7. The van der Waals surface area contributed by atoms with Crippen LogP contribution in [-0.4, -0.2) is 33.3 Å². The zero-order valence-electron chi connectivity index (χ0n) is 15.7. The molecular weight excluding hydrogens is 366 g/mol. The lowest BCUT2D eigenvalue weighted by atomic mass is 10.2. The number of benzene rings is 3. The molecule has 0 bridgehead atoms. The van der Waals surface area contributed by atoms with Gasteiger partial charge in [0.05, 0.1) is 29.5 Å². The molecule has 2 N–H and O–H groups in total. The molecule has 0 saturated heterocycles. The molecule has 0 aliphatic heterocycles. The Morgan fingerprint density at radius 1 is 1.00 bits per heavy atom. The minimum Gasteiger partial charge on any atom is -0.490 e. The molecule has 1 amide bonds. The second-order valence-corrected chi connectivity index (χ2v) is 6.67. The number of nitrogens with zero attached hydrogens (tertiary/aromatic N) is 2. The molecule has 0 unspecified atom stereocenters. The van der Waals surface area contributed by atoms with Gasteiger partial charge in [-0.1, -0.05) is 42.5 Å². The number of ether oxygens (including phenoxy) is 1. The Labute approximate surface area is 168 Å². The molecule has 3 aromatic carbocycles. The average Bonchev–Trinajstić information content (AvgIpc) is 3.16. The Morgan fingerprint density at radius 2 is 1.72 bits per heavy atom. The first-order valence-electron chi connectivity index (χ1n) is 9.37. The fourth-order valence-corrected chi connectivity index (χ4v) is 3.12. The highest BCUT2D eigenvalue weighted by molar-refractivity contribution is 6.06. The number of nitrogens with one attached hydrogen (secondary N) is 1. The summed E-state index contributed by atoms with van der Waals surface area (Å²) in [6, 6.07) is 24.0. The summed E-state index contributed by atoms with van der Waals surface area (Å²) in [5.74, 6) is 0.164. The van der Waals surface area contributed by atoms with Crippen LogP contribution in [0.15, 0.2) is 85.2 Å². The van der Waals surface area contributed by atoms with Gasteiger partial charge >= 0.3 is 0 Å². The molecule has 0 spiro atoms. The van der Waals surface area contributed by atoms with E-state index in [1.54, 1.807) is 30.6 Å². The first-order valence-corrected chi connectivity index (χ1v) is 9.37. The molecule has 1 heterocycles. The molecule has 6 nitrogen and oxygen atoms in total. The van der Waals surface area contributed by atoms with Gasteiger partial charge in [0.15, 0.2) is 0 Å². The van der Waals surface area contributed by atoms with Crippen molar-refractivity contribution in [1.82, 2.24) is 9.55 Å². The number of aliphatic hydroxyl groups excluding tert-OH is 1. The first-order chi connectivity index (χ1) is 14.2. The third-order valence-electron chi connectivity index (χ3n) is 4.53. The van der Waals surface area contributed by atoms with Crippen molar-refractivity contribution in [1.29, 1.82) is 0 Å². The van der Waals surface area contributed by atoms with Crippen LogP contribution in [0.2, 0.25) is 0 Å². The molecular formula is C23H21N3O3. The predicted octanol–water partition coefficient (Wildman–Crippen LogP) is 3.73. The van der Waals surface area contributed by atoms with Gasteiger partial charge in [0, 0.05) is 5.69 Å². The van der Waals surface area contributed by atoms with Gasteiger partial charge in [0.2, 0.25) is 0 Å². The van der Waals surface area contributed by atoms with Crippen LogP contribution in [0.25, 0.3) is 11.0 Å². The zero-order chi connectivity index (χ0) is 20.1. The molecule has 0 saturated carbocycles. The fraction of sp³-hybridized carbons (Fsp3) is 0.130. The lowest BCUT2D eigenvalue weighted by molar-refractivity contribution is 0.0906. The number of carbonyl (C=O) groups is 1. The largest absolute Gasteiger partial charge is 0.490 e. The highest BCUT2D eigenvalue weighted by atomic mass is 16.5. The summed E-state index contributed by atoms with van der Waals surface area (Å²) in [4.78, 5) is 16.9. The van der Waals surface area contributed by atoms with Gasteiger partial charge in [-0.3, -0.25) is 4.79 Å². The number of rotatable bonds is 7. The Hall–Kier alpha value is -3.64. The molecule has 0 fully saturated rings. The van der Waals surface area contributed by atoms with Crippen molar-refractivity contribution in [2.45, 2.75) is 12.6 Å². The lowest BCUT2D eigenvalue weighted by Gasteiger charge is -2.16. The van der Waals surface area contributed by atoms with E-state index in [1.807, 2.05) is 59.2 Å². The highest BCUT2D eigenvalue weighted by Crippen LogP contribution is 2.20. The van der Waals surface area contributed by atoms with E-state index < -0.39 is 6.10 Å². The van der Waals surface area contributed by atoms with Crippen LogP contribution < -0.4 is 10.1 Å². The molecule has 1 aromatic heterocycles. The summed E-state index contributed by atoms with van der Waals surface area (Å²) in [7, 11) is 0. The number of anilines is 1. The Balaban J connectivity index is 1.41. The third kappa shape index (κ3) is 4.44. The van der Waals surface area contributed by atoms with Crippen molar-refractivity contribution in [3.8, 4) is 5.75 Å². The van der Waals surface area contributed by atoms with Crippen molar-refractivity contribution in [2.75, 3.05) is 11.9 Å². The van der Waals surface area contributed by atoms with E-state index in [0.29, 0.717) is 23.5 Å². The van der Waals surface area contributed by atoms with E-state index >= 15 is 0 Å². The number of aliphatic hydroxyl groups is 1. The molecule has 0 radical (unpaired) electrons. The molecule has 0 aliphatic carbocycles. The molecule has 1 atom stereocenters. The maximum atomic E-state index is 12.6. The summed E-state index contributed by atoms with van der Waals surface area (Å²) in [5.41, 5.74) is 2.95. The number of carbonyl (C=O) groups excluding carboxylic acids is 1. The van der Waals surface area contributed by atoms with Gasteiger partial charge in [-0.2, -0.15) is 0 Å². The molecule has 4 rings (SSSR count). The Kier molecular flexibility index (Phi) is 5.54. The lowest BCUT2D eigenvalue weighted by Crippen LogP contribution is -2.24. The normalized spacial score (nSPS) is 11.9.